The minimum absolute atomic E-state index is 0.274. The number of carbonyl (C=O) groups excluding carboxylic acids is 2. The van der Waals surface area contributed by atoms with E-state index in [1.165, 1.54) is 31.0 Å². The number of hydrogen-bond donors (Lipinski definition) is 1. The molecule has 0 radical (unpaired) electrons. The van der Waals surface area contributed by atoms with E-state index in [0.29, 0.717) is 22.6 Å². The van der Waals surface area contributed by atoms with Gasteiger partial charge in [-0.25, -0.2) is 14.3 Å². The first-order chi connectivity index (χ1) is 11.6. The highest BCUT2D eigenvalue weighted by atomic mass is 16.5. The molecule has 0 aliphatic carbocycles. The van der Waals surface area contributed by atoms with Gasteiger partial charge in [0.05, 0.1) is 20.4 Å². The van der Waals surface area contributed by atoms with Crippen LogP contribution >= 0.6 is 0 Å². The molecular weight excluding hydrogens is 312 g/mol. The highest BCUT2D eigenvalue weighted by Gasteiger charge is 2.16. The molecule has 0 spiro atoms. The van der Waals surface area contributed by atoms with Gasteiger partial charge < -0.3 is 14.8 Å². The van der Waals surface area contributed by atoms with Crippen LogP contribution in [0.5, 0.6) is 5.75 Å². The zero-order valence-electron chi connectivity index (χ0n) is 13.0. The van der Waals surface area contributed by atoms with Crippen LogP contribution in [0.2, 0.25) is 0 Å². The van der Waals surface area contributed by atoms with Crippen LogP contribution in [-0.4, -0.2) is 40.7 Å². The fourth-order valence-electron chi connectivity index (χ4n) is 2.23. The van der Waals surface area contributed by atoms with Gasteiger partial charge in [-0.15, -0.1) is 0 Å². The molecule has 8 heteroatoms. The predicted molar refractivity (Wildman–Crippen MR) is 85.3 cm³/mol. The molecule has 122 valence electrons. The minimum atomic E-state index is -0.517. The maximum absolute atomic E-state index is 12.4. The van der Waals surface area contributed by atoms with Crippen molar-refractivity contribution >= 4 is 23.2 Å². The number of esters is 1. The Labute approximate surface area is 137 Å². The van der Waals surface area contributed by atoms with Crippen molar-refractivity contribution in [1.29, 1.82) is 0 Å². The molecule has 24 heavy (non-hydrogen) atoms. The molecule has 3 aromatic rings. The molecule has 2 heterocycles. The summed E-state index contributed by atoms with van der Waals surface area (Å²) >= 11 is 0. The number of ether oxygens (including phenoxy) is 2. The number of anilines is 1. The zero-order valence-corrected chi connectivity index (χ0v) is 13.0. The first-order valence-corrected chi connectivity index (χ1v) is 7.00. The lowest BCUT2D eigenvalue weighted by atomic mass is 10.1. The maximum Gasteiger partial charge on any atom is 0.341 e. The van der Waals surface area contributed by atoms with Crippen LogP contribution in [0.25, 0.3) is 5.65 Å². The second-order valence-electron chi connectivity index (χ2n) is 4.81. The second kappa shape index (κ2) is 6.37. The number of methoxy groups -OCH3 is 2. The summed E-state index contributed by atoms with van der Waals surface area (Å²) in [7, 11) is 2.72. The van der Waals surface area contributed by atoms with E-state index < -0.39 is 5.97 Å². The van der Waals surface area contributed by atoms with E-state index in [4.69, 9.17) is 4.74 Å². The standard InChI is InChI=1S/C16H14N4O4/c1-23-13-8-10(4-5-11(13)16(22)24-2)19-15(21)12-9-18-20-7-3-6-17-14(12)20/h3-9H,1-2H3,(H,19,21). The van der Waals surface area contributed by atoms with E-state index in [1.807, 2.05) is 0 Å². The molecule has 3 rings (SSSR count). The molecule has 0 unspecified atom stereocenters. The number of rotatable bonds is 4. The van der Waals surface area contributed by atoms with Gasteiger partial charge in [0.2, 0.25) is 0 Å². The Bertz CT molecular complexity index is 919. The molecule has 0 saturated heterocycles. The quantitative estimate of drug-likeness (QED) is 0.734. The van der Waals surface area contributed by atoms with E-state index in [9.17, 15) is 9.59 Å². The molecular formula is C16H14N4O4. The maximum atomic E-state index is 12.4. The van der Waals surface area contributed by atoms with Crippen molar-refractivity contribution in [3.05, 3.63) is 54.0 Å². The molecule has 0 bridgehead atoms. The van der Waals surface area contributed by atoms with Gasteiger partial charge in [-0.05, 0) is 18.2 Å². The number of carbonyl (C=O) groups is 2. The van der Waals surface area contributed by atoms with Crippen molar-refractivity contribution in [1.82, 2.24) is 14.6 Å². The van der Waals surface area contributed by atoms with Crippen LogP contribution in [0, 0.1) is 0 Å². The average molecular weight is 326 g/mol. The summed E-state index contributed by atoms with van der Waals surface area (Å²) in [4.78, 5) is 28.2. The van der Waals surface area contributed by atoms with Crippen LogP contribution in [0.4, 0.5) is 5.69 Å². The third-order valence-electron chi connectivity index (χ3n) is 3.39. The summed E-state index contributed by atoms with van der Waals surface area (Å²) in [6.45, 7) is 0. The lowest BCUT2D eigenvalue weighted by molar-refractivity contribution is 0.0597. The smallest absolute Gasteiger partial charge is 0.341 e. The number of amides is 1. The molecule has 0 fully saturated rings. The van der Waals surface area contributed by atoms with Gasteiger partial charge in [0, 0.05) is 24.1 Å². The Morgan fingerprint density at radius 2 is 2.04 bits per heavy atom. The van der Waals surface area contributed by atoms with Crippen molar-refractivity contribution < 1.29 is 19.1 Å². The van der Waals surface area contributed by atoms with Crippen molar-refractivity contribution in [3.63, 3.8) is 0 Å². The summed E-state index contributed by atoms with van der Waals surface area (Å²) in [5.41, 5.74) is 1.54. The largest absolute Gasteiger partial charge is 0.496 e. The molecule has 0 aliphatic rings. The van der Waals surface area contributed by atoms with Crippen LogP contribution in [0.1, 0.15) is 20.7 Å². The van der Waals surface area contributed by atoms with E-state index >= 15 is 0 Å². The summed E-state index contributed by atoms with van der Waals surface area (Å²) in [5.74, 6) is -0.578. The lowest BCUT2D eigenvalue weighted by Crippen LogP contribution is -2.13. The number of fused-ring (bicyclic) bond motifs is 1. The van der Waals surface area contributed by atoms with Crippen LogP contribution < -0.4 is 10.1 Å². The van der Waals surface area contributed by atoms with E-state index in [1.54, 1.807) is 30.6 Å². The third kappa shape index (κ3) is 2.76. The summed E-state index contributed by atoms with van der Waals surface area (Å²) in [6.07, 6.45) is 4.73. The minimum Gasteiger partial charge on any atom is -0.496 e. The number of nitrogens with zero attached hydrogens (tertiary/aromatic N) is 3. The number of benzene rings is 1. The topological polar surface area (TPSA) is 94.8 Å². The predicted octanol–water partition coefficient (Wildman–Crippen LogP) is 1.78. The summed E-state index contributed by atoms with van der Waals surface area (Å²) < 4.78 is 11.4. The molecule has 0 aliphatic heterocycles. The molecule has 1 aromatic carbocycles. The highest BCUT2D eigenvalue weighted by Crippen LogP contribution is 2.24. The molecule has 1 N–H and O–H groups in total. The van der Waals surface area contributed by atoms with Crippen molar-refractivity contribution in [2.45, 2.75) is 0 Å². The van der Waals surface area contributed by atoms with Gasteiger partial charge in [0.25, 0.3) is 5.91 Å². The lowest BCUT2D eigenvalue weighted by Gasteiger charge is -2.10. The Balaban J connectivity index is 1.88. The van der Waals surface area contributed by atoms with Crippen LogP contribution in [0.3, 0.4) is 0 Å². The number of hydrogen-bond acceptors (Lipinski definition) is 6. The highest BCUT2D eigenvalue weighted by molar-refractivity contribution is 6.08. The van der Waals surface area contributed by atoms with E-state index in [-0.39, 0.29) is 11.5 Å². The SMILES string of the molecule is COC(=O)c1ccc(NC(=O)c2cnn3cccnc23)cc1OC. The molecule has 0 saturated carbocycles. The van der Waals surface area contributed by atoms with Crippen molar-refractivity contribution in [2.75, 3.05) is 19.5 Å². The Morgan fingerprint density at radius 3 is 2.79 bits per heavy atom. The van der Waals surface area contributed by atoms with Crippen molar-refractivity contribution in [2.24, 2.45) is 0 Å². The average Bonchev–Trinajstić information content (AvgIpc) is 3.05. The summed E-state index contributed by atoms with van der Waals surface area (Å²) in [5, 5.41) is 6.80. The molecule has 0 atom stereocenters. The molecule has 2 aromatic heterocycles. The number of aromatic nitrogens is 3. The van der Waals surface area contributed by atoms with E-state index in [0.717, 1.165) is 0 Å². The van der Waals surface area contributed by atoms with Crippen LogP contribution in [-0.2, 0) is 4.74 Å². The normalized spacial score (nSPS) is 10.4. The zero-order chi connectivity index (χ0) is 17.1. The van der Waals surface area contributed by atoms with E-state index in [2.05, 4.69) is 20.1 Å². The van der Waals surface area contributed by atoms with Gasteiger partial charge in [-0.3, -0.25) is 4.79 Å². The first kappa shape index (κ1) is 15.5. The number of nitrogens with one attached hydrogen (secondary N) is 1. The third-order valence-corrected chi connectivity index (χ3v) is 3.39. The summed E-state index contributed by atoms with van der Waals surface area (Å²) in [6, 6.07) is 6.38. The van der Waals surface area contributed by atoms with Gasteiger partial charge in [0.1, 0.15) is 16.9 Å². The molecule has 8 nitrogen and oxygen atoms in total. The monoisotopic (exact) mass is 326 g/mol. The fraction of sp³-hybridized carbons (Fsp3) is 0.125. The molecule has 1 amide bonds. The van der Waals surface area contributed by atoms with Gasteiger partial charge in [0.15, 0.2) is 5.65 Å². The Kier molecular flexibility index (Phi) is 4.11. The second-order valence-corrected chi connectivity index (χ2v) is 4.81. The first-order valence-electron chi connectivity index (χ1n) is 7.00. The van der Waals surface area contributed by atoms with Crippen molar-refractivity contribution in [3.8, 4) is 5.75 Å². The van der Waals surface area contributed by atoms with Gasteiger partial charge in [-0.2, -0.15) is 5.10 Å². The van der Waals surface area contributed by atoms with Crippen LogP contribution in [0.15, 0.2) is 42.9 Å². The van der Waals surface area contributed by atoms with Gasteiger partial charge >= 0.3 is 5.97 Å². The Morgan fingerprint density at radius 1 is 1.21 bits per heavy atom. The fourth-order valence-corrected chi connectivity index (χ4v) is 2.23. The van der Waals surface area contributed by atoms with Gasteiger partial charge in [-0.1, -0.05) is 0 Å². The Hall–Kier alpha value is -3.42.